The van der Waals surface area contributed by atoms with Crippen LogP contribution in [0.5, 0.6) is 0 Å². The Balaban J connectivity index is 1.93. The van der Waals surface area contributed by atoms with E-state index in [1.807, 2.05) is 0 Å². The standard InChI is InChI=1S/C17H27N3/c1-3-20-10-5-4-6-15(18)17(20)14-7-8-16-13(12-14)9-11-19(16)2/h7-8,12,15,17H,3-6,9-11,18H2,1-2H3. The minimum atomic E-state index is 0.273. The molecule has 2 N–H and O–H groups in total. The average Bonchev–Trinajstić information content (AvgIpc) is 2.71. The lowest BCUT2D eigenvalue weighted by Crippen LogP contribution is -2.39. The summed E-state index contributed by atoms with van der Waals surface area (Å²) in [5.74, 6) is 0. The Hall–Kier alpha value is -1.06. The molecule has 2 aliphatic heterocycles. The number of hydrogen-bond donors (Lipinski definition) is 1. The van der Waals surface area contributed by atoms with E-state index in [0.717, 1.165) is 19.5 Å². The number of rotatable bonds is 2. The number of nitrogens with zero attached hydrogens (tertiary/aromatic N) is 2. The number of likely N-dealkylation sites (N-methyl/N-ethyl adjacent to an activating group) is 2. The molecule has 0 amide bonds. The first-order valence-corrected chi connectivity index (χ1v) is 8.04. The zero-order chi connectivity index (χ0) is 14.1. The molecule has 110 valence electrons. The van der Waals surface area contributed by atoms with E-state index in [9.17, 15) is 0 Å². The molecule has 1 aromatic rings. The molecule has 0 bridgehead atoms. The highest BCUT2D eigenvalue weighted by Gasteiger charge is 2.29. The first kappa shape index (κ1) is 13.9. The zero-order valence-electron chi connectivity index (χ0n) is 12.8. The molecule has 1 saturated heterocycles. The van der Waals surface area contributed by atoms with Crippen LogP contribution in [0, 0.1) is 0 Å². The van der Waals surface area contributed by atoms with Crippen LogP contribution in [0.15, 0.2) is 18.2 Å². The third kappa shape index (κ3) is 2.45. The van der Waals surface area contributed by atoms with E-state index in [-0.39, 0.29) is 6.04 Å². The maximum atomic E-state index is 6.50. The molecule has 0 radical (unpaired) electrons. The van der Waals surface area contributed by atoms with E-state index >= 15 is 0 Å². The Morgan fingerprint density at radius 2 is 2.10 bits per heavy atom. The highest BCUT2D eigenvalue weighted by Crippen LogP contribution is 2.34. The average molecular weight is 273 g/mol. The smallest absolute Gasteiger partial charge is 0.0499 e. The van der Waals surface area contributed by atoms with Gasteiger partial charge in [-0.25, -0.2) is 0 Å². The third-order valence-electron chi connectivity index (χ3n) is 5.01. The molecular weight excluding hydrogens is 246 g/mol. The van der Waals surface area contributed by atoms with Crippen LogP contribution in [-0.4, -0.2) is 37.6 Å². The number of hydrogen-bond acceptors (Lipinski definition) is 3. The van der Waals surface area contributed by atoms with E-state index in [0.29, 0.717) is 6.04 Å². The molecule has 1 aromatic carbocycles. The molecule has 0 spiro atoms. The summed E-state index contributed by atoms with van der Waals surface area (Å²) in [7, 11) is 2.18. The second kappa shape index (κ2) is 5.74. The molecule has 0 aliphatic carbocycles. The highest BCUT2D eigenvalue weighted by atomic mass is 15.2. The van der Waals surface area contributed by atoms with Gasteiger partial charge in [0.1, 0.15) is 0 Å². The van der Waals surface area contributed by atoms with Crippen LogP contribution in [0.4, 0.5) is 5.69 Å². The van der Waals surface area contributed by atoms with Gasteiger partial charge >= 0.3 is 0 Å². The third-order valence-corrected chi connectivity index (χ3v) is 5.01. The Morgan fingerprint density at radius 1 is 1.25 bits per heavy atom. The van der Waals surface area contributed by atoms with Gasteiger partial charge in [-0.05, 0) is 49.5 Å². The fraction of sp³-hybridized carbons (Fsp3) is 0.647. The number of anilines is 1. The number of likely N-dealkylation sites (tertiary alicyclic amines) is 1. The van der Waals surface area contributed by atoms with Gasteiger partial charge < -0.3 is 10.6 Å². The lowest BCUT2D eigenvalue weighted by Gasteiger charge is -2.33. The Morgan fingerprint density at radius 3 is 2.90 bits per heavy atom. The summed E-state index contributed by atoms with van der Waals surface area (Å²) in [5, 5.41) is 0. The van der Waals surface area contributed by atoms with Gasteiger partial charge in [0, 0.05) is 31.4 Å². The number of fused-ring (bicyclic) bond motifs is 1. The SMILES string of the molecule is CCN1CCCCC(N)C1c1ccc2c(c1)CCN2C. The minimum Gasteiger partial charge on any atom is -0.374 e. The first-order chi connectivity index (χ1) is 9.70. The number of nitrogens with two attached hydrogens (primary N) is 1. The molecule has 1 fully saturated rings. The molecule has 3 heteroatoms. The molecule has 3 nitrogen and oxygen atoms in total. The van der Waals surface area contributed by atoms with E-state index in [1.165, 1.54) is 42.6 Å². The summed E-state index contributed by atoms with van der Waals surface area (Å²) in [4.78, 5) is 4.92. The van der Waals surface area contributed by atoms with Crippen LogP contribution in [0.25, 0.3) is 0 Å². The van der Waals surface area contributed by atoms with Crippen LogP contribution in [0.1, 0.15) is 43.4 Å². The van der Waals surface area contributed by atoms with Gasteiger partial charge in [0.15, 0.2) is 0 Å². The summed E-state index contributed by atoms with van der Waals surface area (Å²) in [6.45, 7) is 5.68. The second-order valence-electron chi connectivity index (χ2n) is 6.29. The van der Waals surface area contributed by atoms with Crippen molar-refractivity contribution in [3.63, 3.8) is 0 Å². The van der Waals surface area contributed by atoms with Crippen LogP contribution in [0.2, 0.25) is 0 Å². The van der Waals surface area contributed by atoms with E-state index in [1.54, 1.807) is 0 Å². The van der Waals surface area contributed by atoms with Crippen molar-refractivity contribution in [1.82, 2.24) is 4.90 Å². The van der Waals surface area contributed by atoms with Gasteiger partial charge in [-0.15, -0.1) is 0 Å². The topological polar surface area (TPSA) is 32.5 Å². The predicted molar refractivity (Wildman–Crippen MR) is 85.2 cm³/mol. The van der Waals surface area contributed by atoms with Crippen molar-refractivity contribution in [2.24, 2.45) is 5.73 Å². The molecular formula is C17H27N3. The molecule has 0 saturated carbocycles. The Labute approximate surface area is 122 Å². The van der Waals surface area contributed by atoms with Crippen molar-refractivity contribution in [3.8, 4) is 0 Å². The van der Waals surface area contributed by atoms with Gasteiger partial charge in [0.05, 0.1) is 0 Å². The largest absolute Gasteiger partial charge is 0.374 e. The maximum absolute atomic E-state index is 6.50. The Bertz CT molecular complexity index is 471. The van der Waals surface area contributed by atoms with Crippen molar-refractivity contribution in [1.29, 1.82) is 0 Å². The van der Waals surface area contributed by atoms with Crippen LogP contribution < -0.4 is 10.6 Å². The monoisotopic (exact) mass is 273 g/mol. The summed E-state index contributed by atoms with van der Waals surface area (Å²) in [5.41, 5.74) is 10.8. The van der Waals surface area contributed by atoms with Crippen LogP contribution in [0.3, 0.4) is 0 Å². The van der Waals surface area contributed by atoms with Gasteiger partial charge in [-0.2, -0.15) is 0 Å². The van der Waals surface area contributed by atoms with Gasteiger partial charge in [-0.1, -0.05) is 25.5 Å². The van der Waals surface area contributed by atoms with Crippen LogP contribution in [-0.2, 0) is 6.42 Å². The maximum Gasteiger partial charge on any atom is 0.0499 e. The molecule has 2 heterocycles. The molecule has 3 rings (SSSR count). The van der Waals surface area contributed by atoms with Crippen molar-refractivity contribution < 1.29 is 0 Å². The van der Waals surface area contributed by atoms with E-state index in [2.05, 4.69) is 42.0 Å². The molecule has 20 heavy (non-hydrogen) atoms. The molecule has 2 aliphatic rings. The van der Waals surface area contributed by atoms with Crippen molar-refractivity contribution in [2.75, 3.05) is 31.6 Å². The molecule has 2 unspecified atom stereocenters. The Kier molecular flexibility index (Phi) is 3.99. The highest BCUT2D eigenvalue weighted by molar-refractivity contribution is 5.58. The van der Waals surface area contributed by atoms with Crippen LogP contribution >= 0.6 is 0 Å². The normalized spacial score (nSPS) is 27.4. The predicted octanol–water partition coefficient (Wildman–Crippen LogP) is 2.55. The minimum absolute atomic E-state index is 0.273. The summed E-state index contributed by atoms with van der Waals surface area (Å²) in [6, 6.07) is 7.69. The van der Waals surface area contributed by atoms with Crippen molar-refractivity contribution >= 4 is 5.69 Å². The zero-order valence-corrected chi connectivity index (χ0v) is 12.8. The first-order valence-electron chi connectivity index (χ1n) is 8.04. The fourth-order valence-corrected chi connectivity index (χ4v) is 3.85. The summed E-state index contributed by atoms with van der Waals surface area (Å²) >= 11 is 0. The van der Waals surface area contributed by atoms with Gasteiger partial charge in [-0.3, -0.25) is 4.90 Å². The van der Waals surface area contributed by atoms with E-state index < -0.39 is 0 Å². The second-order valence-corrected chi connectivity index (χ2v) is 6.29. The molecule has 2 atom stereocenters. The lowest BCUT2D eigenvalue weighted by molar-refractivity contribution is 0.195. The number of benzene rings is 1. The van der Waals surface area contributed by atoms with Crippen molar-refractivity contribution in [3.05, 3.63) is 29.3 Å². The summed E-state index contributed by atoms with van der Waals surface area (Å²) in [6.07, 6.45) is 4.87. The van der Waals surface area contributed by atoms with Gasteiger partial charge in [0.25, 0.3) is 0 Å². The quantitative estimate of drug-likeness (QED) is 0.899. The lowest BCUT2D eigenvalue weighted by atomic mass is 9.94. The van der Waals surface area contributed by atoms with Crippen molar-refractivity contribution in [2.45, 2.75) is 44.7 Å². The molecule has 0 aromatic heterocycles. The summed E-state index contributed by atoms with van der Waals surface area (Å²) < 4.78 is 0. The van der Waals surface area contributed by atoms with E-state index in [4.69, 9.17) is 5.73 Å². The fourth-order valence-electron chi connectivity index (χ4n) is 3.85. The van der Waals surface area contributed by atoms with Gasteiger partial charge in [0.2, 0.25) is 0 Å².